The molecule has 5 heteroatoms. The van der Waals surface area contributed by atoms with E-state index in [-0.39, 0.29) is 18.3 Å². The molecular weight excluding hydrogens is 311 g/mol. The molecule has 2 rings (SSSR count). The second kappa shape index (κ2) is 5.84. The van der Waals surface area contributed by atoms with E-state index in [0.717, 1.165) is 0 Å². The predicted molar refractivity (Wildman–Crippen MR) is 75.9 cm³/mol. The maximum atomic E-state index is 13.3. The van der Waals surface area contributed by atoms with Gasteiger partial charge in [-0.25, -0.2) is 4.39 Å². The number of halogens is 2. The Kier molecular flexibility index (Phi) is 4.16. The van der Waals surface area contributed by atoms with Crippen molar-refractivity contribution < 1.29 is 9.13 Å². The summed E-state index contributed by atoms with van der Waals surface area (Å²) in [6.07, 6.45) is 0. The Labute approximate surface area is 118 Å². The molecule has 3 N–H and O–H groups in total. The fraction of sp³-hybridized carbons (Fsp3) is 0.0714. The number of rotatable bonds is 4. The van der Waals surface area contributed by atoms with Crippen molar-refractivity contribution in [2.24, 2.45) is 5.73 Å². The molecule has 2 aromatic rings. The lowest BCUT2D eigenvalue weighted by molar-refractivity contribution is 0.304. The van der Waals surface area contributed by atoms with Gasteiger partial charge in [0, 0.05) is 11.1 Å². The molecule has 0 amide bonds. The molecule has 0 spiro atoms. The van der Waals surface area contributed by atoms with Gasteiger partial charge in [-0.05, 0) is 34.1 Å². The Morgan fingerprint density at radius 2 is 2.00 bits per heavy atom. The Morgan fingerprint density at radius 3 is 2.74 bits per heavy atom. The van der Waals surface area contributed by atoms with Crippen LogP contribution in [0.15, 0.2) is 46.9 Å². The van der Waals surface area contributed by atoms with Crippen LogP contribution in [0.1, 0.15) is 11.1 Å². The molecule has 0 aliphatic rings. The van der Waals surface area contributed by atoms with Crippen LogP contribution >= 0.6 is 15.9 Å². The van der Waals surface area contributed by atoms with Crippen LogP contribution in [0.3, 0.4) is 0 Å². The maximum absolute atomic E-state index is 13.3. The molecule has 3 nitrogen and oxygen atoms in total. The lowest BCUT2D eigenvalue weighted by Crippen LogP contribution is -2.10. The van der Waals surface area contributed by atoms with Crippen LogP contribution in [0.5, 0.6) is 5.75 Å². The average Bonchev–Trinajstić information content (AvgIpc) is 2.41. The number of amidine groups is 1. The van der Waals surface area contributed by atoms with Gasteiger partial charge < -0.3 is 10.5 Å². The highest BCUT2D eigenvalue weighted by Gasteiger charge is 2.06. The number of nitrogens with one attached hydrogen (secondary N) is 1. The third-order valence-electron chi connectivity index (χ3n) is 2.57. The SMILES string of the molecule is N=C(N)c1cccc(OCc2cccc(F)c2Br)c1. The third kappa shape index (κ3) is 3.32. The van der Waals surface area contributed by atoms with Gasteiger partial charge in [0.15, 0.2) is 0 Å². The van der Waals surface area contributed by atoms with Gasteiger partial charge in [0.05, 0.1) is 4.47 Å². The Balaban J connectivity index is 2.12. The van der Waals surface area contributed by atoms with E-state index in [1.807, 2.05) is 0 Å². The first-order valence-corrected chi connectivity index (χ1v) is 6.37. The molecule has 0 aromatic heterocycles. The van der Waals surface area contributed by atoms with Gasteiger partial charge in [-0.3, -0.25) is 5.41 Å². The van der Waals surface area contributed by atoms with Crippen LogP contribution in [0, 0.1) is 11.2 Å². The zero-order valence-electron chi connectivity index (χ0n) is 9.99. The summed E-state index contributed by atoms with van der Waals surface area (Å²) >= 11 is 3.18. The minimum atomic E-state index is -0.321. The van der Waals surface area contributed by atoms with Crippen molar-refractivity contribution in [3.05, 3.63) is 63.9 Å². The van der Waals surface area contributed by atoms with Crippen molar-refractivity contribution in [3.8, 4) is 5.75 Å². The maximum Gasteiger partial charge on any atom is 0.137 e. The van der Waals surface area contributed by atoms with Crippen molar-refractivity contribution >= 4 is 21.8 Å². The molecule has 0 aliphatic heterocycles. The molecule has 0 atom stereocenters. The molecular formula is C14H12BrFN2O. The first-order valence-electron chi connectivity index (χ1n) is 5.58. The number of hydrogen-bond donors (Lipinski definition) is 2. The minimum absolute atomic E-state index is 0.0163. The summed E-state index contributed by atoms with van der Waals surface area (Å²) < 4.78 is 19.3. The van der Waals surface area contributed by atoms with Gasteiger partial charge in [0.25, 0.3) is 0 Å². The molecule has 0 unspecified atom stereocenters. The normalized spacial score (nSPS) is 10.2. The highest BCUT2D eigenvalue weighted by Crippen LogP contribution is 2.22. The van der Waals surface area contributed by atoms with Gasteiger partial charge in [0.2, 0.25) is 0 Å². The minimum Gasteiger partial charge on any atom is -0.489 e. The molecule has 98 valence electrons. The summed E-state index contributed by atoms with van der Waals surface area (Å²) in [7, 11) is 0. The Bertz CT molecular complexity index is 616. The van der Waals surface area contributed by atoms with Gasteiger partial charge in [-0.15, -0.1) is 0 Å². The molecule has 0 bridgehead atoms. The number of hydrogen-bond acceptors (Lipinski definition) is 2. The number of ether oxygens (including phenoxy) is 1. The first-order chi connectivity index (χ1) is 9.08. The van der Waals surface area contributed by atoms with E-state index in [1.54, 1.807) is 36.4 Å². The van der Waals surface area contributed by atoms with E-state index < -0.39 is 0 Å². The molecule has 0 radical (unpaired) electrons. The average molecular weight is 323 g/mol. The second-order valence-corrected chi connectivity index (χ2v) is 4.74. The topological polar surface area (TPSA) is 59.1 Å². The summed E-state index contributed by atoms with van der Waals surface area (Å²) in [6, 6.07) is 11.7. The molecule has 2 aromatic carbocycles. The van der Waals surface area contributed by atoms with E-state index in [9.17, 15) is 4.39 Å². The van der Waals surface area contributed by atoms with E-state index >= 15 is 0 Å². The van der Waals surface area contributed by atoms with Crippen LogP contribution in [-0.2, 0) is 6.61 Å². The number of benzene rings is 2. The van der Waals surface area contributed by atoms with Crippen LogP contribution in [-0.4, -0.2) is 5.84 Å². The standard InChI is InChI=1S/C14H12BrFN2O/c15-13-10(4-2-6-12(13)16)8-19-11-5-1-3-9(7-11)14(17)18/h1-7H,8H2,(H3,17,18). The Hall–Kier alpha value is -1.88. The lowest BCUT2D eigenvalue weighted by atomic mass is 10.2. The van der Waals surface area contributed by atoms with Crippen molar-refractivity contribution in [3.63, 3.8) is 0 Å². The van der Waals surface area contributed by atoms with Crippen LogP contribution in [0.25, 0.3) is 0 Å². The molecule has 0 saturated heterocycles. The molecule has 19 heavy (non-hydrogen) atoms. The van der Waals surface area contributed by atoms with Crippen LogP contribution < -0.4 is 10.5 Å². The fourth-order valence-electron chi connectivity index (χ4n) is 1.57. The van der Waals surface area contributed by atoms with Crippen molar-refractivity contribution in [1.29, 1.82) is 5.41 Å². The first kappa shape index (κ1) is 13.5. The lowest BCUT2D eigenvalue weighted by Gasteiger charge is -2.09. The summed E-state index contributed by atoms with van der Waals surface area (Å²) in [5, 5.41) is 7.36. The van der Waals surface area contributed by atoms with Gasteiger partial charge in [-0.1, -0.05) is 24.3 Å². The smallest absolute Gasteiger partial charge is 0.137 e. The second-order valence-electron chi connectivity index (χ2n) is 3.94. The highest BCUT2D eigenvalue weighted by molar-refractivity contribution is 9.10. The van der Waals surface area contributed by atoms with E-state index in [1.165, 1.54) is 6.07 Å². The largest absolute Gasteiger partial charge is 0.489 e. The quantitative estimate of drug-likeness (QED) is 0.669. The summed E-state index contributed by atoms with van der Waals surface area (Å²) in [4.78, 5) is 0. The predicted octanol–water partition coefficient (Wildman–Crippen LogP) is 3.45. The monoisotopic (exact) mass is 322 g/mol. The summed E-state index contributed by atoms with van der Waals surface area (Å²) in [5.41, 5.74) is 6.71. The summed E-state index contributed by atoms with van der Waals surface area (Å²) in [5.74, 6) is 0.250. The van der Waals surface area contributed by atoms with Crippen LogP contribution in [0.4, 0.5) is 4.39 Å². The molecule has 0 heterocycles. The number of nitrogens with two attached hydrogens (primary N) is 1. The fourth-order valence-corrected chi connectivity index (χ4v) is 1.95. The molecule has 0 aliphatic carbocycles. The zero-order chi connectivity index (χ0) is 13.8. The van der Waals surface area contributed by atoms with Crippen molar-refractivity contribution in [2.75, 3.05) is 0 Å². The van der Waals surface area contributed by atoms with Gasteiger partial charge in [-0.2, -0.15) is 0 Å². The Morgan fingerprint density at radius 1 is 1.26 bits per heavy atom. The van der Waals surface area contributed by atoms with Crippen molar-refractivity contribution in [2.45, 2.75) is 6.61 Å². The van der Waals surface area contributed by atoms with E-state index in [4.69, 9.17) is 15.9 Å². The van der Waals surface area contributed by atoms with Crippen molar-refractivity contribution in [1.82, 2.24) is 0 Å². The molecule has 0 fully saturated rings. The molecule has 0 saturated carbocycles. The zero-order valence-corrected chi connectivity index (χ0v) is 11.6. The summed E-state index contributed by atoms with van der Waals surface area (Å²) in [6.45, 7) is 0.236. The third-order valence-corrected chi connectivity index (χ3v) is 3.46. The van der Waals surface area contributed by atoms with E-state index in [2.05, 4.69) is 15.9 Å². The van der Waals surface area contributed by atoms with Gasteiger partial charge >= 0.3 is 0 Å². The van der Waals surface area contributed by atoms with Crippen LogP contribution in [0.2, 0.25) is 0 Å². The highest BCUT2D eigenvalue weighted by atomic mass is 79.9. The number of nitrogen functional groups attached to an aromatic ring is 1. The van der Waals surface area contributed by atoms with E-state index in [0.29, 0.717) is 21.3 Å². The van der Waals surface area contributed by atoms with Gasteiger partial charge in [0.1, 0.15) is 24.0 Å².